The molecule has 1 nitrogen and oxygen atoms in total. The molecule has 1 aromatic rings. The minimum absolute atomic E-state index is 0.283. The summed E-state index contributed by atoms with van der Waals surface area (Å²) in [5.41, 5.74) is 3.14. The summed E-state index contributed by atoms with van der Waals surface area (Å²) in [4.78, 5) is 0. The molecule has 2 heteroatoms. The highest BCUT2D eigenvalue weighted by Crippen LogP contribution is 2.45. The van der Waals surface area contributed by atoms with Gasteiger partial charge in [-0.2, -0.15) is 0 Å². The van der Waals surface area contributed by atoms with E-state index in [1.54, 1.807) is 0 Å². The first-order valence-electron chi connectivity index (χ1n) is 7.42. The lowest BCUT2D eigenvalue weighted by atomic mass is 9.85. The molecule has 1 aromatic carbocycles. The van der Waals surface area contributed by atoms with Crippen LogP contribution < -0.4 is 5.32 Å². The van der Waals surface area contributed by atoms with Crippen molar-refractivity contribution < 1.29 is 0 Å². The minimum atomic E-state index is 0.283. The predicted octanol–water partition coefficient (Wildman–Crippen LogP) is 4.99. The maximum atomic E-state index is 6.16. The van der Waals surface area contributed by atoms with Gasteiger partial charge in [-0.25, -0.2) is 0 Å². The second-order valence-electron chi connectivity index (χ2n) is 6.93. The van der Waals surface area contributed by atoms with Crippen LogP contribution in [0.15, 0.2) is 18.2 Å². The lowest BCUT2D eigenvalue weighted by molar-refractivity contribution is 0.267. The van der Waals surface area contributed by atoms with Crippen LogP contribution in [0.1, 0.15) is 57.7 Å². The summed E-state index contributed by atoms with van der Waals surface area (Å²) in [6.07, 6.45) is 3.68. The van der Waals surface area contributed by atoms with Gasteiger partial charge in [0.1, 0.15) is 0 Å². The molecule has 0 spiro atoms. The smallest absolute Gasteiger partial charge is 0.0409 e. The highest BCUT2D eigenvalue weighted by Gasteiger charge is 2.38. The Morgan fingerprint density at radius 1 is 1.37 bits per heavy atom. The number of nitrogens with one attached hydrogen (secondary N) is 1. The zero-order chi connectivity index (χ0) is 14.0. The molecule has 19 heavy (non-hydrogen) atoms. The van der Waals surface area contributed by atoms with E-state index in [4.69, 9.17) is 11.6 Å². The van der Waals surface area contributed by atoms with Crippen molar-refractivity contribution in [1.29, 1.82) is 0 Å². The molecular weight excluding hydrogens is 254 g/mol. The normalized spacial score (nSPS) is 20.8. The largest absolute Gasteiger partial charge is 0.309 e. The Hall–Kier alpha value is -0.530. The van der Waals surface area contributed by atoms with Crippen molar-refractivity contribution in [1.82, 2.24) is 5.32 Å². The fourth-order valence-electron chi connectivity index (χ4n) is 3.15. The average Bonchev–Trinajstić information content (AvgIpc) is 2.55. The molecule has 0 radical (unpaired) electrons. The summed E-state index contributed by atoms with van der Waals surface area (Å²) in [6, 6.07) is 6.78. The van der Waals surface area contributed by atoms with E-state index in [0.29, 0.717) is 6.04 Å². The molecule has 0 aliphatic heterocycles. The third-order valence-electron chi connectivity index (χ3n) is 4.15. The summed E-state index contributed by atoms with van der Waals surface area (Å²) in [7, 11) is 0. The first-order valence-corrected chi connectivity index (χ1v) is 7.79. The van der Waals surface area contributed by atoms with Crippen LogP contribution >= 0.6 is 11.6 Å². The van der Waals surface area contributed by atoms with E-state index in [9.17, 15) is 0 Å². The van der Waals surface area contributed by atoms with Gasteiger partial charge in [-0.3, -0.25) is 0 Å². The SMILES string of the molecule is CC(C)CCCNC1c2cc(Cl)ccc2CC1(C)C. The maximum Gasteiger partial charge on any atom is 0.0409 e. The fourth-order valence-corrected chi connectivity index (χ4v) is 3.33. The Labute approximate surface area is 122 Å². The van der Waals surface area contributed by atoms with Gasteiger partial charge in [0.15, 0.2) is 0 Å². The van der Waals surface area contributed by atoms with Crippen LogP contribution in [0.2, 0.25) is 5.02 Å². The zero-order valence-corrected chi connectivity index (χ0v) is 13.3. The monoisotopic (exact) mass is 279 g/mol. The molecule has 106 valence electrons. The van der Waals surface area contributed by atoms with Gasteiger partial charge in [-0.05, 0) is 60.4 Å². The summed E-state index contributed by atoms with van der Waals surface area (Å²) in [5, 5.41) is 4.60. The van der Waals surface area contributed by atoms with Gasteiger partial charge in [0.25, 0.3) is 0 Å². The first kappa shape index (κ1) is 14.9. The molecule has 0 bridgehead atoms. The van der Waals surface area contributed by atoms with Gasteiger partial charge in [0, 0.05) is 11.1 Å². The molecule has 1 N–H and O–H groups in total. The van der Waals surface area contributed by atoms with Crippen LogP contribution in [0.25, 0.3) is 0 Å². The van der Waals surface area contributed by atoms with E-state index in [2.05, 4.69) is 45.1 Å². The van der Waals surface area contributed by atoms with Crippen LogP contribution in [-0.4, -0.2) is 6.54 Å². The van der Waals surface area contributed by atoms with E-state index in [1.165, 1.54) is 24.0 Å². The predicted molar refractivity (Wildman–Crippen MR) is 83.8 cm³/mol. The Morgan fingerprint density at radius 3 is 2.79 bits per heavy atom. The van der Waals surface area contributed by atoms with Gasteiger partial charge in [-0.1, -0.05) is 45.4 Å². The van der Waals surface area contributed by atoms with E-state index in [0.717, 1.165) is 23.9 Å². The van der Waals surface area contributed by atoms with Crippen molar-refractivity contribution in [3.63, 3.8) is 0 Å². The van der Waals surface area contributed by atoms with Crippen molar-refractivity contribution in [3.05, 3.63) is 34.3 Å². The van der Waals surface area contributed by atoms with Crippen LogP contribution in [0.3, 0.4) is 0 Å². The molecule has 0 aromatic heterocycles. The van der Waals surface area contributed by atoms with E-state index in [-0.39, 0.29) is 5.41 Å². The number of rotatable bonds is 5. The van der Waals surface area contributed by atoms with Gasteiger partial charge in [-0.15, -0.1) is 0 Å². The molecule has 1 unspecified atom stereocenters. The minimum Gasteiger partial charge on any atom is -0.309 e. The second-order valence-corrected chi connectivity index (χ2v) is 7.37. The average molecular weight is 280 g/mol. The topological polar surface area (TPSA) is 12.0 Å². The molecule has 2 rings (SSSR count). The molecule has 0 amide bonds. The highest BCUT2D eigenvalue weighted by molar-refractivity contribution is 6.30. The Bertz CT molecular complexity index is 437. The Balaban J connectivity index is 2.04. The molecule has 1 aliphatic carbocycles. The van der Waals surface area contributed by atoms with Crippen LogP contribution in [0.4, 0.5) is 0 Å². The van der Waals surface area contributed by atoms with Gasteiger partial charge in [0.2, 0.25) is 0 Å². The molecular formula is C17H26ClN. The van der Waals surface area contributed by atoms with Crippen molar-refractivity contribution in [3.8, 4) is 0 Å². The maximum absolute atomic E-state index is 6.16. The Kier molecular flexibility index (Phi) is 4.58. The summed E-state index contributed by atoms with van der Waals surface area (Å²) >= 11 is 6.16. The molecule has 0 saturated carbocycles. The van der Waals surface area contributed by atoms with E-state index >= 15 is 0 Å². The second kappa shape index (κ2) is 5.85. The standard InChI is InChI=1S/C17H26ClN/c1-12(2)6-5-9-19-16-15-10-14(18)8-7-13(15)11-17(16,3)4/h7-8,10,12,16,19H,5-6,9,11H2,1-4H3. The lowest BCUT2D eigenvalue weighted by Crippen LogP contribution is -2.31. The highest BCUT2D eigenvalue weighted by atomic mass is 35.5. The van der Waals surface area contributed by atoms with Gasteiger partial charge < -0.3 is 5.32 Å². The van der Waals surface area contributed by atoms with Crippen molar-refractivity contribution in [2.45, 2.75) is 53.0 Å². The molecule has 1 atom stereocenters. The van der Waals surface area contributed by atoms with Crippen LogP contribution in [0, 0.1) is 11.3 Å². The van der Waals surface area contributed by atoms with Gasteiger partial charge in [0.05, 0.1) is 0 Å². The van der Waals surface area contributed by atoms with Crippen molar-refractivity contribution in [2.75, 3.05) is 6.54 Å². The summed E-state index contributed by atoms with van der Waals surface area (Å²) in [6.45, 7) is 10.4. The van der Waals surface area contributed by atoms with Crippen molar-refractivity contribution >= 4 is 11.6 Å². The Morgan fingerprint density at radius 2 is 2.11 bits per heavy atom. The molecule has 0 fully saturated rings. The third-order valence-corrected chi connectivity index (χ3v) is 4.39. The number of fused-ring (bicyclic) bond motifs is 1. The lowest BCUT2D eigenvalue weighted by Gasteiger charge is -2.29. The summed E-state index contributed by atoms with van der Waals surface area (Å²) < 4.78 is 0. The number of hydrogen-bond acceptors (Lipinski definition) is 1. The molecule has 1 aliphatic rings. The fraction of sp³-hybridized carbons (Fsp3) is 0.647. The number of hydrogen-bond donors (Lipinski definition) is 1. The van der Waals surface area contributed by atoms with E-state index < -0.39 is 0 Å². The zero-order valence-electron chi connectivity index (χ0n) is 12.6. The van der Waals surface area contributed by atoms with Crippen LogP contribution in [-0.2, 0) is 6.42 Å². The molecule has 0 saturated heterocycles. The third kappa shape index (κ3) is 3.52. The summed E-state index contributed by atoms with van der Waals surface area (Å²) in [5.74, 6) is 0.792. The first-order chi connectivity index (χ1) is 8.90. The van der Waals surface area contributed by atoms with Crippen molar-refractivity contribution in [2.24, 2.45) is 11.3 Å². The van der Waals surface area contributed by atoms with E-state index in [1.807, 2.05) is 6.07 Å². The quantitative estimate of drug-likeness (QED) is 0.749. The van der Waals surface area contributed by atoms with Gasteiger partial charge >= 0.3 is 0 Å². The number of benzene rings is 1. The molecule has 0 heterocycles. The van der Waals surface area contributed by atoms with Crippen LogP contribution in [0.5, 0.6) is 0 Å². The number of halogens is 1.